The monoisotopic (exact) mass is 405 g/mol. The number of nitrogens with zero attached hydrogens (tertiary/aromatic N) is 2. The first-order valence-electron chi connectivity index (χ1n) is 9.86. The summed E-state index contributed by atoms with van der Waals surface area (Å²) in [7, 11) is 0. The van der Waals surface area contributed by atoms with E-state index in [1.165, 1.54) is 15.9 Å². The third-order valence-electron chi connectivity index (χ3n) is 5.25. The lowest BCUT2D eigenvalue weighted by Gasteiger charge is -2.21. The highest BCUT2D eigenvalue weighted by molar-refractivity contribution is 7.18. The van der Waals surface area contributed by atoms with Gasteiger partial charge in [-0.3, -0.25) is 19.0 Å². The second-order valence-corrected chi connectivity index (χ2v) is 8.33. The lowest BCUT2D eigenvalue weighted by Crippen LogP contribution is -2.38. The number of esters is 1. The lowest BCUT2D eigenvalue weighted by atomic mass is 9.86. The van der Waals surface area contributed by atoms with Crippen LogP contribution >= 0.6 is 11.3 Å². The van der Waals surface area contributed by atoms with Crippen molar-refractivity contribution in [3.05, 3.63) is 26.6 Å². The van der Waals surface area contributed by atoms with Crippen LogP contribution in [0.5, 0.6) is 0 Å². The SMILES string of the molecule is CCOC(=O)C1CCCc2sc3nc(C)n(CC(=O)NC(C)CC)c(=O)c3c21. The van der Waals surface area contributed by atoms with Crippen molar-refractivity contribution in [2.24, 2.45) is 0 Å². The molecule has 1 N–H and O–H groups in total. The molecule has 2 aromatic rings. The van der Waals surface area contributed by atoms with Gasteiger partial charge in [-0.1, -0.05) is 6.92 Å². The summed E-state index contributed by atoms with van der Waals surface area (Å²) in [6.45, 7) is 7.66. The molecule has 2 unspecified atom stereocenters. The van der Waals surface area contributed by atoms with Crippen molar-refractivity contribution in [2.45, 2.75) is 71.9 Å². The van der Waals surface area contributed by atoms with Gasteiger partial charge in [0, 0.05) is 10.9 Å². The normalized spacial score (nSPS) is 17.2. The molecule has 0 aromatic carbocycles. The molecule has 0 aliphatic heterocycles. The third-order valence-corrected chi connectivity index (χ3v) is 6.41. The first-order valence-corrected chi connectivity index (χ1v) is 10.7. The minimum Gasteiger partial charge on any atom is -0.466 e. The fraction of sp³-hybridized carbons (Fsp3) is 0.600. The summed E-state index contributed by atoms with van der Waals surface area (Å²) in [5, 5.41) is 3.35. The maximum absolute atomic E-state index is 13.3. The Kier molecular flexibility index (Phi) is 6.17. The number of rotatable bonds is 6. The number of hydrogen-bond acceptors (Lipinski definition) is 6. The summed E-state index contributed by atoms with van der Waals surface area (Å²) >= 11 is 1.48. The molecule has 2 atom stereocenters. The molecule has 1 aliphatic rings. The van der Waals surface area contributed by atoms with E-state index in [0.717, 1.165) is 29.7 Å². The Labute approximate surface area is 168 Å². The van der Waals surface area contributed by atoms with Crippen molar-refractivity contribution >= 4 is 33.4 Å². The summed E-state index contributed by atoms with van der Waals surface area (Å²) in [5.41, 5.74) is 0.508. The molecule has 28 heavy (non-hydrogen) atoms. The van der Waals surface area contributed by atoms with Crippen LogP contribution in [-0.4, -0.2) is 34.1 Å². The van der Waals surface area contributed by atoms with E-state index in [-0.39, 0.29) is 30.0 Å². The molecule has 0 bridgehead atoms. The van der Waals surface area contributed by atoms with Gasteiger partial charge >= 0.3 is 5.97 Å². The first-order chi connectivity index (χ1) is 13.4. The number of ether oxygens (including phenoxy) is 1. The van der Waals surface area contributed by atoms with Crippen LogP contribution in [0.4, 0.5) is 0 Å². The van der Waals surface area contributed by atoms with Crippen molar-refractivity contribution in [3.8, 4) is 0 Å². The van der Waals surface area contributed by atoms with Crippen LogP contribution in [0, 0.1) is 6.92 Å². The third kappa shape index (κ3) is 3.83. The predicted molar refractivity (Wildman–Crippen MR) is 109 cm³/mol. The zero-order valence-corrected chi connectivity index (χ0v) is 17.6. The molecule has 152 valence electrons. The van der Waals surface area contributed by atoms with Crippen LogP contribution in [0.15, 0.2) is 4.79 Å². The fourth-order valence-corrected chi connectivity index (χ4v) is 4.96. The van der Waals surface area contributed by atoms with Crippen molar-refractivity contribution in [2.75, 3.05) is 6.61 Å². The van der Waals surface area contributed by atoms with Crippen LogP contribution in [0.2, 0.25) is 0 Å². The molecule has 0 fully saturated rings. The molecule has 0 saturated carbocycles. The fourth-order valence-electron chi connectivity index (χ4n) is 3.65. The minimum atomic E-state index is -0.433. The Bertz CT molecular complexity index is 962. The summed E-state index contributed by atoms with van der Waals surface area (Å²) in [5.74, 6) is -0.434. The second kappa shape index (κ2) is 8.43. The molecule has 0 radical (unpaired) electrons. The van der Waals surface area contributed by atoms with Crippen molar-refractivity contribution in [3.63, 3.8) is 0 Å². The van der Waals surface area contributed by atoms with Crippen LogP contribution in [-0.2, 0) is 27.3 Å². The van der Waals surface area contributed by atoms with Gasteiger partial charge in [0.1, 0.15) is 17.2 Å². The van der Waals surface area contributed by atoms with Gasteiger partial charge in [-0.25, -0.2) is 4.98 Å². The highest BCUT2D eigenvalue weighted by atomic mass is 32.1. The van der Waals surface area contributed by atoms with Gasteiger partial charge < -0.3 is 10.1 Å². The van der Waals surface area contributed by atoms with Gasteiger partial charge in [0.2, 0.25) is 5.91 Å². The zero-order chi connectivity index (χ0) is 20.4. The molecule has 1 aliphatic carbocycles. The second-order valence-electron chi connectivity index (χ2n) is 7.24. The van der Waals surface area contributed by atoms with E-state index in [1.807, 2.05) is 13.8 Å². The van der Waals surface area contributed by atoms with Crippen LogP contribution < -0.4 is 10.9 Å². The Morgan fingerprint density at radius 1 is 1.39 bits per heavy atom. The number of amides is 1. The topological polar surface area (TPSA) is 90.3 Å². The zero-order valence-electron chi connectivity index (χ0n) is 16.8. The maximum Gasteiger partial charge on any atom is 0.313 e. The lowest BCUT2D eigenvalue weighted by molar-refractivity contribution is -0.145. The number of carbonyl (C=O) groups excluding carboxylic acids is 2. The molecule has 2 aromatic heterocycles. The summed E-state index contributed by atoms with van der Waals surface area (Å²) < 4.78 is 6.65. The number of hydrogen-bond donors (Lipinski definition) is 1. The minimum absolute atomic E-state index is 0.0438. The molecule has 2 heterocycles. The van der Waals surface area contributed by atoms with Crippen molar-refractivity contribution in [1.82, 2.24) is 14.9 Å². The van der Waals surface area contributed by atoms with Crippen LogP contribution in [0.3, 0.4) is 0 Å². The average Bonchev–Trinajstić information content (AvgIpc) is 3.03. The smallest absolute Gasteiger partial charge is 0.313 e. The van der Waals surface area contributed by atoms with E-state index >= 15 is 0 Å². The van der Waals surface area contributed by atoms with Gasteiger partial charge in [0.05, 0.1) is 17.9 Å². The van der Waals surface area contributed by atoms with Crippen LogP contribution in [0.25, 0.3) is 10.2 Å². The average molecular weight is 406 g/mol. The molecule has 8 heteroatoms. The summed E-state index contributed by atoms with van der Waals surface area (Å²) in [4.78, 5) is 44.4. The van der Waals surface area contributed by atoms with Crippen molar-refractivity contribution < 1.29 is 14.3 Å². The van der Waals surface area contributed by atoms with E-state index in [9.17, 15) is 14.4 Å². The number of fused-ring (bicyclic) bond motifs is 3. The van der Waals surface area contributed by atoms with Gasteiger partial charge in [-0.15, -0.1) is 11.3 Å². The number of aromatic nitrogens is 2. The standard InChI is InChI=1S/C20H27N3O4S/c1-5-11(3)21-15(24)10-23-12(4)22-18-17(19(23)25)16-13(20(26)27-6-2)8-7-9-14(16)28-18/h11,13H,5-10H2,1-4H3,(H,21,24). The van der Waals surface area contributed by atoms with E-state index in [2.05, 4.69) is 10.3 Å². The van der Waals surface area contributed by atoms with Gasteiger partial charge in [-0.2, -0.15) is 0 Å². The van der Waals surface area contributed by atoms with Crippen molar-refractivity contribution in [1.29, 1.82) is 0 Å². The highest BCUT2D eigenvalue weighted by Crippen LogP contribution is 2.41. The number of carbonyl (C=O) groups is 2. The number of aryl methyl sites for hydroxylation is 2. The van der Waals surface area contributed by atoms with Gasteiger partial charge in [-0.05, 0) is 52.0 Å². The molecular formula is C20H27N3O4S. The van der Waals surface area contributed by atoms with E-state index in [1.54, 1.807) is 13.8 Å². The number of thiophene rings is 1. The van der Waals surface area contributed by atoms with E-state index in [0.29, 0.717) is 29.1 Å². The predicted octanol–water partition coefficient (Wildman–Crippen LogP) is 2.66. The number of nitrogens with one attached hydrogen (secondary N) is 1. The first kappa shape index (κ1) is 20.5. The molecule has 7 nitrogen and oxygen atoms in total. The maximum atomic E-state index is 13.3. The molecule has 0 saturated heterocycles. The van der Waals surface area contributed by atoms with E-state index < -0.39 is 5.92 Å². The Morgan fingerprint density at radius 2 is 2.14 bits per heavy atom. The Hall–Kier alpha value is -2.22. The van der Waals surface area contributed by atoms with Gasteiger partial charge in [0.15, 0.2) is 0 Å². The van der Waals surface area contributed by atoms with E-state index in [4.69, 9.17) is 4.74 Å². The largest absolute Gasteiger partial charge is 0.466 e. The van der Waals surface area contributed by atoms with Gasteiger partial charge in [0.25, 0.3) is 5.56 Å². The van der Waals surface area contributed by atoms with Crippen LogP contribution in [0.1, 0.15) is 62.2 Å². The highest BCUT2D eigenvalue weighted by Gasteiger charge is 2.33. The Balaban J connectivity index is 2.07. The quantitative estimate of drug-likeness (QED) is 0.746. The molecular weight excluding hydrogens is 378 g/mol. The molecule has 1 amide bonds. The Morgan fingerprint density at radius 3 is 2.82 bits per heavy atom. The molecule has 3 rings (SSSR count). The summed E-state index contributed by atoms with van der Waals surface area (Å²) in [6, 6.07) is 0.0438. The molecule has 0 spiro atoms. The summed E-state index contributed by atoms with van der Waals surface area (Å²) in [6.07, 6.45) is 3.20.